The molecule has 3 N–H and O–H groups in total. The molecule has 0 radical (unpaired) electrons. The topological polar surface area (TPSA) is 129 Å². The number of nitrogens with zero attached hydrogens (tertiary/aromatic N) is 2. The Morgan fingerprint density at radius 2 is 1.73 bits per heavy atom. The first-order valence-corrected chi connectivity index (χ1v) is 11.6. The van der Waals surface area contributed by atoms with Crippen molar-refractivity contribution in [3.63, 3.8) is 0 Å². The molecule has 0 atom stereocenters. The summed E-state index contributed by atoms with van der Waals surface area (Å²) >= 11 is 6.47. The molecule has 0 aliphatic carbocycles. The Balaban J connectivity index is 1.50. The van der Waals surface area contributed by atoms with Gasteiger partial charge in [0, 0.05) is 24.2 Å². The number of imidazole rings is 1. The zero-order valence-corrected chi connectivity index (χ0v) is 18.7. The van der Waals surface area contributed by atoms with Crippen LogP contribution in [0.2, 0.25) is 5.02 Å². The number of rotatable bonds is 4. The molecule has 0 bridgehead atoms. The number of anilines is 1. The number of aromatic nitrogens is 4. The maximum absolute atomic E-state index is 13.1. The summed E-state index contributed by atoms with van der Waals surface area (Å²) in [6.07, 6.45) is 5.40. The van der Waals surface area contributed by atoms with Crippen LogP contribution in [-0.2, 0) is 10.0 Å². The fourth-order valence-electron chi connectivity index (χ4n) is 3.64. The Hall–Kier alpha value is -3.89. The Kier molecular flexibility index (Phi) is 4.84. The van der Waals surface area contributed by atoms with Gasteiger partial charge in [0.05, 0.1) is 26.6 Å². The molecule has 0 aliphatic rings. The SMILES string of the molecule is Cc1cc2[nH]c(=O)c(=O)[nH]c2cc1S(=O)(=O)Nc1ccc(-c2ccc3nccn3c2)c(Cl)c1. The summed E-state index contributed by atoms with van der Waals surface area (Å²) in [5.41, 5.74) is 1.93. The minimum absolute atomic E-state index is 0.0385. The van der Waals surface area contributed by atoms with Crippen molar-refractivity contribution in [2.24, 2.45) is 0 Å². The number of aromatic amines is 2. The molecule has 5 rings (SSSR count). The Labute approximate surface area is 191 Å². The Morgan fingerprint density at radius 1 is 1.00 bits per heavy atom. The number of benzene rings is 2. The van der Waals surface area contributed by atoms with Gasteiger partial charge in [0.15, 0.2) is 0 Å². The number of H-pyrrole nitrogens is 2. The molecule has 5 aromatic rings. The lowest BCUT2D eigenvalue weighted by Crippen LogP contribution is -2.29. The maximum Gasteiger partial charge on any atom is 0.314 e. The number of hydrogen-bond acceptors (Lipinski definition) is 5. The number of sulfonamides is 1. The van der Waals surface area contributed by atoms with E-state index in [9.17, 15) is 18.0 Å². The molecule has 2 aromatic carbocycles. The molecule has 3 aromatic heterocycles. The first-order valence-electron chi connectivity index (χ1n) is 9.74. The van der Waals surface area contributed by atoms with E-state index >= 15 is 0 Å². The van der Waals surface area contributed by atoms with E-state index in [1.165, 1.54) is 18.2 Å². The second-order valence-electron chi connectivity index (χ2n) is 7.48. The summed E-state index contributed by atoms with van der Waals surface area (Å²) in [4.78, 5) is 32.2. The van der Waals surface area contributed by atoms with Crippen molar-refractivity contribution in [1.29, 1.82) is 0 Å². The van der Waals surface area contributed by atoms with Crippen LogP contribution in [0.3, 0.4) is 0 Å². The molecule has 0 fully saturated rings. The van der Waals surface area contributed by atoms with Gasteiger partial charge in [-0.15, -0.1) is 0 Å². The molecular formula is C22H16ClN5O4S. The number of pyridine rings is 1. The fourth-order valence-corrected chi connectivity index (χ4v) is 5.24. The predicted molar refractivity (Wildman–Crippen MR) is 126 cm³/mol. The summed E-state index contributed by atoms with van der Waals surface area (Å²) in [6, 6.07) is 11.4. The van der Waals surface area contributed by atoms with E-state index in [-0.39, 0.29) is 16.1 Å². The van der Waals surface area contributed by atoms with Gasteiger partial charge in [0.2, 0.25) is 0 Å². The van der Waals surface area contributed by atoms with E-state index in [0.29, 0.717) is 16.1 Å². The lowest BCUT2D eigenvalue weighted by atomic mass is 10.1. The van der Waals surface area contributed by atoms with Crippen LogP contribution in [-0.4, -0.2) is 27.8 Å². The van der Waals surface area contributed by atoms with Gasteiger partial charge < -0.3 is 14.4 Å². The summed E-state index contributed by atoms with van der Waals surface area (Å²) < 4.78 is 30.5. The number of aryl methyl sites for hydroxylation is 1. The van der Waals surface area contributed by atoms with E-state index in [0.717, 1.165) is 16.8 Å². The quantitative estimate of drug-likeness (QED) is 0.339. The van der Waals surface area contributed by atoms with E-state index in [1.54, 1.807) is 25.3 Å². The van der Waals surface area contributed by atoms with Gasteiger partial charge in [-0.1, -0.05) is 17.7 Å². The van der Waals surface area contributed by atoms with Crippen molar-refractivity contribution in [2.75, 3.05) is 4.72 Å². The highest BCUT2D eigenvalue weighted by molar-refractivity contribution is 7.92. The van der Waals surface area contributed by atoms with Gasteiger partial charge in [-0.2, -0.15) is 0 Å². The van der Waals surface area contributed by atoms with Gasteiger partial charge in [0.25, 0.3) is 10.0 Å². The van der Waals surface area contributed by atoms with Crippen LogP contribution in [0.25, 0.3) is 27.8 Å². The molecular weight excluding hydrogens is 466 g/mol. The van der Waals surface area contributed by atoms with Gasteiger partial charge >= 0.3 is 11.1 Å². The van der Waals surface area contributed by atoms with Crippen molar-refractivity contribution in [2.45, 2.75) is 11.8 Å². The van der Waals surface area contributed by atoms with Crippen molar-refractivity contribution in [1.82, 2.24) is 19.4 Å². The van der Waals surface area contributed by atoms with Gasteiger partial charge in [-0.05, 0) is 54.4 Å². The van der Waals surface area contributed by atoms with Crippen molar-refractivity contribution < 1.29 is 8.42 Å². The molecule has 0 saturated carbocycles. The Morgan fingerprint density at radius 3 is 2.45 bits per heavy atom. The summed E-state index contributed by atoms with van der Waals surface area (Å²) in [5, 5.41) is 0.367. The standard InChI is InChI=1S/C22H16ClN5O4S/c1-12-8-17-18(26-22(30)21(29)25-17)10-19(12)33(31,32)27-14-3-4-15(16(23)9-14)13-2-5-20-24-6-7-28(20)11-13/h2-11,27H,1H3,(H,25,29)(H,26,30). The predicted octanol–water partition coefficient (Wildman–Crippen LogP) is 3.29. The fraction of sp³-hybridized carbons (Fsp3) is 0.0455. The third-order valence-corrected chi connectivity index (χ3v) is 7.06. The summed E-state index contributed by atoms with van der Waals surface area (Å²) in [7, 11) is -4.01. The van der Waals surface area contributed by atoms with Gasteiger partial charge in [0.1, 0.15) is 5.65 Å². The monoisotopic (exact) mass is 481 g/mol. The van der Waals surface area contributed by atoms with Crippen molar-refractivity contribution >= 4 is 44.0 Å². The number of nitrogens with one attached hydrogen (secondary N) is 3. The average Bonchev–Trinajstić information content (AvgIpc) is 3.22. The molecule has 11 heteroatoms. The van der Waals surface area contributed by atoms with Gasteiger partial charge in [-0.3, -0.25) is 14.3 Å². The summed E-state index contributed by atoms with van der Waals surface area (Å²) in [5.74, 6) is 0. The minimum Gasteiger partial charge on any atom is -0.316 e. The van der Waals surface area contributed by atoms with Crippen molar-refractivity contribution in [3.05, 3.63) is 92.3 Å². The molecule has 0 amide bonds. The third kappa shape index (κ3) is 3.79. The van der Waals surface area contributed by atoms with Crippen LogP contribution in [0.15, 0.2) is 75.5 Å². The molecule has 0 aliphatic heterocycles. The van der Waals surface area contributed by atoms with E-state index in [1.807, 2.05) is 28.9 Å². The first-order chi connectivity index (χ1) is 15.7. The largest absolute Gasteiger partial charge is 0.316 e. The third-order valence-electron chi connectivity index (χ3n) is 5.23. The lowest BCUT2D eigenvalue weighted by Gasteiger charge is -2.13. The highest BCUT2D eigenvalue weighted by atomic mass is 35.5. The molecule has 3 heterocycles. The average molecular weight is 482 g/mol. The molecule has 9 nitrogen and oxygen atoms in total. The summed E-state index contributed by atoms with van der Waals surface area (Å²) in [6.45, 7) is 1.60. The van der Waals surface area contributed by atoms with E-state index < -0.39 is 21.1 Å². The number of hydrogen-bond donors (Lipinski definition) is 3. The van der Waals surface area contributed by atoms with E-state index in [2.05, 4.69) is 19.7 Å². The van der Waals surface area contributed by atoms with Crippen LogP contribution < -0.4 is 15.8 Å². The molecule has 166 valence electrons. The first kappa shape index (κ1) is 21.0. The van der Waals surface area contributed by atoms with Crippen LogP contribution in [0.5, 0.6) is 0 Å². The smallest absolute Gasteiger partial charge is 0.314 e. The van der Waals surface area contributed by atoms with E-state index in [4.69, 9.17) is 11.6 Å². The zero-order valence-electron chi connectivity index (χ0n) is 17.1. The minimum atomic E-state index is -4.01. The number of halogens is 1. The maximum atomic E-state index is 13.1. The van der Waals surface area contributed by atoms with Crippen LogP contribution in [0.4, 0.5) is 5.69 Å². The number of fused-ring (bicyclic) bond motifs is 2. The second-order valence-corrected chi connectivity index (χ2v) is 9.54. The lowest BCUT2D eigenvalue weighted by molar-refractivity contribution is 0.600. The molecule has 33 heavy (non-hydrogen) atoms. The highest BCUT2D eigenvalue weighted by Crippen LogP contribution is 2.32. The van der Waals surface area contributed by atoms with Crippen molar-refractivity contribution in [3.8, 4) is 11.1 Å². The van der Waals surface area contributed by atoms with Crippen LogP contribution >= 0.6 is 11.6 Å². The zero-order chi connectivity index (χ0) is 23.3. The van der Waals surface area contributed by atoms with Crippen LogP contribution in [0.1, 0.15) is 5.56 Å². The highest BCUT2D eigenvalue weighted by Gasteiger charge is 2.19. The van der Waals surface area contributed by atoms with Gasteiger partial charge in [-0.25, -0.2) is 13.4 Å². The second kappa shape index (κ2) is 7.61. The molecule has 0 saturated heterocycles. The Bertz CT molecular complexity index is 1790. The normalized spacial score (nSPS) is 11.8. The molecule has 0 unspecified atom stereocenters. The molecule has 0 spiro atoms. The van der Waals surface area contributed by atoms with Crippen LogP contribution in [0, 0.1) is 6.92 Å².